The number of carbonyl (C=O) groups excluding carboxylic acids is 1. The van der Waals surface area contributed by atoms with E-state index in [9.17, 15) is 41.0 Å². The van der Waals surface area contributed by atoms with Crippen molar-refractivity contribution in [2.75, 3.05) is 19.8 Å². The van der Waals surface area contributed by atoms with E-state index in [1.165, 1.54) is 48.5 Å². The Morgan fingerprint density at radius 2 is 0.850 bits per heavy atom. The second kappa shape index (κ2) is 28.6. The zero-order chi connectivity index (χ0) is 41.1. The van der Waals surface area contributed by atoms with E-state index in [2.05, 4.69) is 23.3 Å². The number of carboxylic acid groups (broad SMARTS) is 1. The summed E-state index contributed by atoms with van der Waals surface area (Å²) in [7, 11) is 0. The third-order valence-corrected chi connectivity index (χ3v) is 8.19. The Morgan fingerprint density at radius 3 is 1.12 bits per heavy atom. The number of hydrogen-bond acceptors (Lipinski definition) is 8. The Hall–Kier alpha value is -4.84. The van der Waals surface area contributed by atoms with Crippen LogP contribution in [-0.4, -0.2) is 55.1 Å². The van der Waals surface area contributed by atoms with Gasteiger partial charge in [-0.25, -0.2) is 0 Å². The summed E-state index contributed by atoms with van der Waals surface area (Å²) in [4.78, 5) is 23.3. The van der Waals surface area contributed by atoms with E-state index >= 15 is 0 Å². The summed E-state index contributed by atoms with van der Waals surface area (Å²) in [5, 5.41) is 9.21. The number of ether oxygens (including phenoxy) is 5. The molecule has 2 unspecified atom stereocenters. The number of rotatable bonds is 19. The van der Waals surface area contributed by atoms with Crippen LogP contribution in [0.5, 0.6) is 23.0 Å². The van der Waals surface area contributed by atoms with Crippen LogP contribution in [0.4, 0.5) is 26.3 Å². The molecular weight excluding hydrogens is 793 g/mol. The average molecular weight is 849 g/mol. The van der Waals surface area contributed by atoms with Gasteiger partial charge in [-0.2, -0.15) is 0 Å². The van der Waals surface area contributed by atoms with Crippen LogP contribution < -0.4 is 37.8 Å². The third kappa shape index (κ3) is 21.4. The van der Waals surface area contributed by atoms with Crippen molar-refractivity contribution in [3.05, 3.63) is 119 Å². The molecule has 0 bridgehead atoms. The Morgan fingerprint density at radius 1 is 0.550 bits per heavy atom. The number of hydrogen-bond donors (Lipinski definition) is 1. The molecule has 0 heterocycles. The SMILES string of the molecule is C.C.CCCCOc1ccc(C(CC(=O)O)c2ccc(OC(F)(F)F)cc2)cc1.CCCCOc1ccc(C(CC(=O)OCC)c2ccc(OC(F)(F)F)cc2)cc1.[Li+].[OH-]. The van der Waals surface area contributed by atoms with Crippen molar-refractivity contribution < 1.29 is 89.1 Å². The molecule has 0 aliphatic rings. The predicted molar refractivity (Wildman–Crippen MR) is 213 cm³/mol. The molecule has 0 aromatic heterocycles. The van der Waals surface area contributed by atoms with Crippen molar-refractivity contribution in [3.63, 3.8) is 0 Å². The van der Waals surface area contributed by atoms with Gasteiger partial charge < -0.3 is 34.3 Å². The fourth-order valence-corrected chi connectivity index (χ4v) is 5.48. The molecule has 4 aromatic rings. The van der Waals surface area contributed by atoms with E-state index in [4.69, 9.17) is 14.2 Å². The molecule has 0 aliphatic heterocycles. The summed E-state index contributed by atoms with van der Waals surface area (Å²) in [6.45, 7) is 7.36. The number of halogens is 6. The second-order valence-electron chi connectivity index (χ2n) is 12.5. The molecule has 60 heavy (non-hydrogen) atoms. The summed E-state index contributed by atoms with van der Waals surface area (Å²) < 4.78 is 98.0. The van der Waals surface area contributed by atoms with Crippen molar-refractivity contribution in [2.45, 2.75) is 98.7 Å². The van der Waals surface area contributed by atoms with Gasteiger partial charge in [0.05, 0.1) is 32.7 Å². The van der Waals surface area contributed by atoms with E-state index in [0.29, 0.717) is 30.1 Å². The van der Waals surface area contributed by atoms with Crippen molar-refractivity contribution >= 4 is 11.9 Å². The maximum Gasteiger partial charge on any atom is 1.00 e. The van der Waals surface area contributed by atoms with E-state index in [1.807, 2.05) is 24.3 Å². The number of carbonyl (C=O) groups is 2. The predicted octanol–water partition coefficient (Wildman–Crippen LogP) is 9.32. The number of unbranched alkanes of at least 4 members (excludes halogenated alkanes) is 2. The number of carboxylic acids is 1. The van der Waals surface area contributed by atoms with Gasteiger partial charge in [0.25, 0.3) is 0 Å². The Labute approximate surface area is 360 Å². The van der Waals surface area contributed by atoms with E-state index < -0.39 is 24.6 Å². The van der Waals surface area contributed by atoms with Crippen LogP contribution >= 0.6 is 0 Å². The first-order chi connectivity index (χ1) is 26.6. The minimum absolute atomic E-state index is 0. The van der Waals surface area contributed by atoms with Crippen molar-refractivity contribution in [3.8, 4) is 23.0 Å². The van der Waals surface area contributed by atoms with Crippen LogP contribution in [-0.2, 0) is 14.3 Å². The number of esters is 1. The molecule has 0 spiro atoms. The first kappa shape index (κ1) is 57.3. The molecule has 2 N–H and O–H groups in total. The normalized spacial score (nSPS) is 11.6. The average Bonchev–Trinajstić information content (AvgIpc) is 3.14. The Bertz CT molecular complexity index is 1750. The first-order valence-corrected chi connectivity index (χ1v) is 18.1. The smallest absolute Gasteiger partial charge is 0.870 e. The fourth-order valence-electron chi connectivity index (χ4n) is 5.48. The van der Waals surface area contributed by atoms with Gasteiger partial charge in [-0.3, -0.25) is 9.59 Å². The molecule has 0 amide bonds. The first-order valence-electron chi connectivity index (χ1n) is 18.1. The van der Waals surface area contributed by atoms with Gasteiger partial charge in [-0.05, 0) is 90.6 Å². The zero-order valence-electron chi connectivity index (χ0n) is 32.8. The van der Waals surface area contributed by atoms with Crippen LogP contribution in [0.3, 0.4) is 0 Å². The molecule has 328 valence electrons. The molecule has 0 fully saturated rings. The molecule has 4 rings (SSSR count). The number of alkyl halides is 6. The van der Waals surface area contributed by atoms with E-state index in [0.717, 1.165) is 42.6 Å². The van der Waals surface area contributed by atoms with Crippen LogP contribution in [0.15, 0.2) is 97.1 Å². The van der Waals surface area contributed by atoms with Crippen molar-refractivity contribution in [1.29, 1.82) is 0 Å². The molecule has 16 heteroatoms. The van der Waals surface area contributed by atoms with Gasteiger partial charge in [0.2, 0.25) is 0 Å². The van der Waals surface area contributed by atoms with E-state index in [1.54, 1.807) is 31.2 Å². The minimum atomic E-state index is -4.77. The topological polar surface area (TPSA) is 131 Å². The molecule has 2 atom stereocenters. The van der Waals surface area contributed by atoms with E-state index in [-0.39, 0.29) is 82.0 Å². The number of benzene rings is 4. The van der Waals surface area contributed by atoms with Crippen LogP contribution in [0.2, 0.25) is 0 Å². The summed E-state index contributed by atoms with van der Waals surface area (Å²) >= 11 is 0. The third-order valence-electron chi connectivity index (χ3n) is 8.19. The summed E-state index contributed by atoms with van der Waals surface area (Å²) in [5.41, 5.74) is 2.86. The van der Waals surface area contributed by atoms with Gasteiger partial charge in [0.15, 0.2) is 0 Å². The van der Waals surface area contributed by atoms with Crippen LogP contribution in [0.25, 0.3) is 0 Å². The molecule has 9 nitrogen and oxygen atoms in total. The monoisotopic (exact) mass is 848 g/mol. The van der Waals surface area contributed by atoms with Crippen LogP contribution in [0.1, 0.15) is 108 Å². The fraction of sp³-hybridized carbons (Fsp3) is 0.409. The minimum Gasteiger partial charge on any atom is -0.870 e. The summed E-state index contributed by atoms with van der Waals surface area (Å²) in [6, 6.07) is 25.2. The van der Waals surface area contributed by atoms with Crippen molar-refractivity contribution in [2.24, 2.45) is 0 Å². The van der Waals surface area contributed by atoms with Gasteiger partial charge in [-0.1, -0.05) is 90.1 Å². The Kier molecular flexibility index (Phi) is 27.3. The second-order valence-corrected chi connectivity index (χ2v) is 12.5. The maximum absolute atomic E-state index is 12.4. The van der Waals surface area contributed by atoms with Gasteiger partial charge in [-0.15, -0.1) is 26.3 Å². The Balaban J connectivity index is 0. The standard InChI is InChI=1S/C22H25F3O4.C20H21F3O4.2CH4.Li.H2O/c1-3-5-14-28-18-10-6-16(7-11-18)20(15-21(26)27-4-2)17-8-12-19(13-9-17)29-22(23,24)25;1-2-3-12-26-16-8-4-14(5-9-16)18(13-19(24)25)15-6-10-17(11-7-15)27-20(21,22)23;;;;/h6-13,20H,3-5,14-15H2,1-2H3;4-11,18H,2-3,12-13H2,1H3,(H,24,25);2*1H4;;1H2/q;;;;+1;/p-1. The molecule has 0 radical (unpaired) electrons. The summed E-state index contributed by atoms with van der Waals surface area (Å²) in [5.74, 6) is -1.47. The van der Waals surface area contributed by atoms with Crippen molar-refractivity contribution in [1.82, 2.24) is 0 Å². The van der Waals surface area contributed by atoms with Crippen LogP contribution in [0, 0.1) is 0 Å². The molecule has 0 saturated carbocycles. The zero-order valence-corrected chi connectivity index (χ0v) is 32.8. The maximum atomic E-state index is 12.4. The molecule has 0 aliphatic carbocycles. The number of aliphatic carboxylic acids is 1. The molecular formula is C44H55F6LiO9. The van der Waals surface area contributed by atoms with Gasteiger partial charge in [0, 0.05) is 11.8 Å². The molecule has 0 saturated heterocycles. The van der Waals surface area contributed by atoms with Gasteiger partial charge in [0.1, 0.15) is 23.0 Å². The largest absolute Gasteiger partial charge is 1.00 e. The van der Waals surface area contributed by atoms with Gasteiger partial charge >= 0.3 is 43.5 Å². The quantitative estimate of drug-likeness (QED) is 0.0425. The molecule has 4 aromatic carbocycles. The summed E-state index contributed by atoms with van der Waals surface area (Å²) in [6.07, 6.45) is -5.68.